The third-order valence-electron chi connectivity index (χ3n) is 3.66. The maximum atomic E-state index is 13.2. The van der Waals surface area contributed by atoms with E-state index in [4.69, 9.17) is 0 Å². The van der Waals surface area contributed by atoms with E-state index in [-0.39, 0.29) is 22.8 Å². The molecule has 1 amide bonds. The fraction of sp³-hybridized carbons (Fsp3) is 0.222. The molecule has 0 bridgehead atoms. The van der Waals surface area contributed by atoms with Crippen LogP contribution in [-0.4, -0.2) is 15.3 Å². The molecule has 0 radical (unpaired) electrons. The van der Waals surface area contributed by atoms with Crippen LogP contribution >= 0.6 is 0 Å². The van der Waals surface area contributed by atoms with Crippen molar-refractivity contribution in [2.24, 2.45) is 0 Å². The van der Waals surface area contributed by atoms with Gasteiger partial charge in [-0.05, 0) is 35.2 Å². The van der Waals surface area contributed by atoms with Crippen LogP contribution in [0, 0.1) is 5.82 Å². The zero-order valence-corrected chi connectivity index (χ0v) is 13.3. The molecule has 2 heterocycles. The van der Waals surface area contributed by atoms with Crippen molar-refractivity contribution in [1.29, 1.82) is 0 Å². The Bertz CT molecular complexity index is 860. The van der Waals surface area contributed by atoms with Gasteiger partial charge in [0.15, 0.2) is 0 Å². The Hall–Kier alpha value is -2.69. The Labute approximate surface area is 134 Å². The van der Waals surface area contributed by atoms with Crippen molar-refractivity contribution in [2.45, 2.75) is 26.2 Å². The summed E-state index contributed by atoms with van der Waals surface area (Å²) < 4.78 is 14.7. The number of benzene rings is 1. The molecule has 1 aromatic carbocycles. The minimum absolute atomic E-state index is 0.0637. The molecule has 5 heteroatoms. The van der Waals surface area contributed by atoms with Gasteiger partial charge in [0.1, 0.15) is 17.2 Å². The minimum Gasteiger partial charge on any atom is -0.321 e. The Morgan fingerprint density at radius 3 is 2.43 bits per heavy atom. The summed E-state index contributed by atoms with van der Waals surface area (Å²) in [7, 11) is 0. The Morgan fingerprint density at radius 2 is 1.78 bits per heavy atom. The van der Waals surface area contributed by atoms with E-state index in [9.17, 15) is 9.18 Å². The predicted octanol–water partition coefficient (Wildman–Crippen LogP) is 4.02. The number of rotatable bonds is 2. The Balaban J connectivity index is 1.80. The number of fused-ring (bicyclic) bond motifs is 1. The molecule has 0 aliphatic carbocycles. The SMILES string of the molecule is CC(C)(C)c1ccc(NC(=O)c2cn3cc(F)ccc3n2)cc1. The number of nitrogens with zero attached hydrogens (tertiary/aromatic N) is 2. The smallest absolute Gasteiger partial charge is 0.275 e. The average Bonchev–Trinajstić information content (AvgIpc) is 2.90. The van der Waals surface area contributed by atoms with E-state index in [2.05, 4.69) is 31.1 Å². The number of carbonyl (C=O) groups excluding carboxylic acids is 1. The van der Waals surface area contributed by atoms with Gasteiger partial charge in [0.2, 0.25) is 0 Å². The molecule has 0 aliphatic rings. The maximum Gasteiger partial charge on any atom is 0.275 e. The number of halogens is 1. The number of aromatic nitrogens is 2. The molecule has 0 atom stereocenters. The highest BCUT2D eigenvalue weighted by atomic mass is 19.1. The molecule has 0 saturated carbocycles. The monoisotopic (exact) mass is 311 g/mol. The molecule has 3 rings (SSSR count). The van der Waals surface area contributed by atoms with Crippen LogP contribution in [0.2, 0.25) is 0 Å². The van der Waals surface area contributed by atoms with Gasteiger partial charge in [-0.3, -0.25) is 4.79 Å². The van der Waals surface area contributed by atoms with Gasteiger partial charge in [0.05, 0.1) is 0 Å². The lowest BCUT2D eigenvalue weighted by Gasteiger charge is -2.19. The molecule has 0 aliphatic heterocycles. The number of nitrogens with one attached hydrogen (secondary N) is 1. The number of carbonyl (C=O) groups is 1. The van der Waals surface area contributed by atoms with E-state index in [1.54, 1.807) is 0 Å². The maximum absolute atomic E-state index is 13.2. The molecule has 0 fully saturated rings. The number of hydrogen-bond acceptors (Lipinski definition) is 2. The molecule has 0 spiro atoms. The van der Waals surface area contributed by atoms with Crippen molar-refractivity contribution >= 4 is 17.2 Å². The molecule has 0 saturated heterocycles. The van der Waals surface area contributed by atoms with Crippen LogP contribution in [-0.2, 0) is 5.41 Å². The fourth-order valence-corrected chi connectivity index (χ4v) is 2.32. The summed E-state index contributed by atoms with van der Waals surface area (Å²) in [4.78, 5) is 16.5. The first-order chi connectivity index (χ1) is 10.8. The molecule has 2 aromatic heterocycles. The third-order valence-corrected chi connectivity index (χ3v) is 3.66. The van der Waals surface area contributed by atoms with Crippen molar-refractivity contribution in [2.75, 3.05) is 5.32 Å². The number of pyridine rings is 1. The molecule has 4 nitrogen and oxygen atoms in total. The predicted molar refractivity (Wildman–Crippen MR) is 88.2 cm³/mol. The van der Waals surface area contributed by atoms with E-state index >= 15 is 0 Å². The number of anilines is 1. The van der Waals surface area contributed by atoms with Crippen LogP contribution in [0.1, 0.15) is 36.8 Å². The summed E-state index contributed by atoms with van der Waals surface area (Å²) in [5.41, 5.74) is 2.73. The summed E-state index contributed by atoms with van der Waals surface area (Å²) in [6.07, 6.45) is 2.80. The lowest BCUT2D eigenvalue weighted by molar-refractivity contribution is 0.102. The quantitative estimate of drug-likeness (QED) is 0.777. The zero-order chi connectivity index (χ0) is 16.6. The van der Waals surface area contributed by atoms with Crippen LogP contribution < -0.4 is 5.32 Å². The van der Waals surface area contributed by atoms with Crippen molar-refractivity contribution < 1.29 is 9.18 Å². The van der Waals surface area contributed by atoms with Crippen LogP contribution in [0.5, 0.6) is 0 Å². The molecule has 118 valence electrons. The minimum atomic E-state index is -0.375. The second kappa shape index (κ2) is 5.50. The second-order valence-electron chi connectivity index (χ2n) is 6.52. The zero-order valence-electron chi connectivity index (χ0n) is 13.3. The van der Waals surface area contributed by atoms with Crippen LogP contribution in [0.3, 0.4) is 0 Å². The van der Waals surface area contributed by atoms with E-state index in [1.807, 2.05) is 24.3 Å². The van der Waals surface area contributed by atoms with Crippen LogP contribution in [0.4, 0.5) is 10.1 Å². The number of amides is 1. The second-order valence-corrected chi connectivity index (χ2v) is 6.52. The van der Waals surface area contributed by atoms with Gasteiger partial charge in [0, 0.05) is 18.1 Å². The van der Waals surface area contributed by atoms with Crippen molar-refractivity contribution in [3.8, 4) is 0 Å². The molecule has 0 unspecified atom stereocenters. The van der Waals surface area contributed by atoms with Gasteiger partial charge in [0.25, 0.3) is 5.91 Å². The summed E-state index contributed by atoms with van der Waals surface area (Å²) >= 11 is 0. The van der Waals surface area contributed by atoms with E-state index in [0.29, 0.717) is 11.3 Å². The molecular weight excluding hydrogens is 293 g/mol. The van der Waals surface area contributed by atoms with Crippen LogP contribution in [0.15, 0.2) is 48.8 Å². The van der Waals surface area contributed by atoms with Gasteiger partial charge in [-0.2, -0.15) is 0 Å². The van der Waals surface area contributed by atoms with Gasteiger partial charge in [-0.15, -0.1) is 0 Å². The van der Waals surface area contributed by atoms with Crippen molar-refractivity contribution in [3.63, 3.8) is 0 Å². The highest BCUT2D eigenvalue weighted by molar-refractivity contribution is 6.03. The van der Waals surface area contributed by atoms with E-state index in [1.165, 1.54) is 34.5 Å². The highest BCUT2D eigenvalue weighted by Gasteiger charge is 2.14. The largest absolute Gasteiger partial charge is 0.321 e. The summed E-state index contributed by atoms with van der Waals surface area (Å²) in [5.74, 6) is -0.697. The summed E-state index contributed by atoms with van der Waals surface area (Å²) in [6.45, 7) is 6.41. The van der Waals surface area contributed by atoms with Gasteiger partial charge in [-0.25, -0.2) is 9.37 Å². The van der Waals surface area contributed by atoms with Gasteiger partial charge < -0.3 is 9.72 Å². The average molecular weight is 311 g/mol. The normalized spacial score (nSPS) is 11.7. The molecule has 3 aromatic rings. The van der Waals surface area contributed by atoms with Gasteiger partial charge >= 0.3 is 0 Å². The van der Waals surface area contributed by atoms with Gasteiger partial charge in [-0.1, -0.05) is 32.9 Å². The Morgan fingerprint density at radius 1 is 1.09 bits per heavy atom. The lowest BCUT2D eigenvalue weighted by Crippen LogP contribution is -2.13. The summed E-state index contributed by atoms with van der Waals surface area (Å²) in [5, 5.41) is 2.80. The van der Waals surface area contributed by atoms with Crippen LogP contribution in [0.25, 0.3) is 5.65 Å². The number of hydrogen-bond donors (Lipinski definition) is 1. The first-order valence-electron chi connectivity index (χ1n) is 7.39. The first kappa shape index (κ1) is 15.2. The number of imidazole rings is 1. The molecule has 23 heavy (non-hydrogen) atoms. The molecular formula is C18H18FN3O. The van der Waals surface area contributed by atoms with E-state index in [0.717, 1.165) is 0 Å². The Kier molecular flexibility index (Phi) is 3.64. The third kappa shape index (κ3) is 3.23. The topological polar surface area (TPSA) is 46.4 Å². The lowest BCUT2D eigenvalue weighted by atomic mass is 9.87. The first-order valence-corrected chi connectivity index (χ1v) is 7.39. The van der Waals surface area contributed by atoms with Crippen molar-refractivity contribution in [1.82, 2.24) is 9.38 Å². The van der Waals surface area contributed by atoms with E-state index < -0.39 is 0 Å². The standard InChI is InChI=1S/C18H18FN3O/c1-18(2,3)12-4-7-14(8-5-12)20-17(23)15-11-22-10-13(19)6-9-16(22)21-15/h4-11H,1-3H3,(H,20,23). The summed E-state index contributed by atoms with van der Waals surface area (Å²) in [6, 6.07) is 10.6. The fourth-order valence-electron chi connectivity index (χ4n) is 2.32. The van der Waals surface area contributed by atoms with Crippen molar-refractivity contribution in [3.05, 3.63) is 65.9 Å². The highest BCUT2D eigenvalue weighted by Crippen LogP contribution is 2.23. The molecule has 1 N–H and O–H groups in total.